The van der Waals surface area contributed by atoms with Crippen LogP contribution in [0.1, 0.15) is 79.4 Å². The van der Waals surface area contributed by atoms with Crippen molar-refractivity contribution in [3.8, 4) is 5.75 Å². The van der Waals surface area contributed by atoms with Crippen molar-refractivity contribution >= 4 is 28.8 Å². The molecule has 39 heavy (non-hydrogen) atoms. The minimum Gasteiger partial charge on any atom is -0.506 e. The molecule has 10 heteroatoms. The number of piperidine rings is 3. The molecule has 5 atom stereocenters. The maximum Gasteiger partial charge on any atom is 0.434 e. The molecule has 2 bridgehead atoms. The number of aliphatic hydroxyl groups excluding tert-OH is 1. The van der Waals surface area contributed by atoms with Crippen LogP contribution in [-0.4, -0.2) is 62.6 Å². The number of nitrogens with one attached hydrogen (secondary N) is 1. The maximum absolute atomic E-state index is 13.4. The Kier molecular flexibility index (Phi) is 8.01. The molecular weight excluding hydrogens is 500 g/mol. The monoisotopic (exact) mass is 542 g/mol. The Morgan fingerprint density at radius 1 is 1.15 bits per heavy atom. The number of aliphatic hydroxyl groups is 1. The molecule has 10 nitrogen and oxygen atoms in total. The molecule has 3 N–H and O–H groups in total. The summed E-state index contributed by atoms with van der Waals surface area (Å²) in [6.07, 6.45) is 1.97. The summed E-state index contributed by atoms with van der Waals surface area (Å²) in [5, 5.41) is 24.1. The summed E-state index contributed by atoms with van der Waals surface area (Å²) in [6, 6.07) is 4.61. The predicted octanol–water partition coefficient (Wildman–Crippen LogP) is 5.28. The molecule has 0 spiro atoms. The van der Waals surface area contributed by atoms with Gasteiger partial charge in [-0.2, -0.15) is 5.01 Å². The number of hydrazine groups is 1. The number of phenolic OH excluding ortho intramolecular Hbond substituents is 1. The van der Waals surface area contributed by atoms with Crippen molar-refractivity contribution in [2.45, 2.75) is 91.1 Å². The first-order chi connectivity index (χ1) is 18.2. The number of hydrogen-bond acceptors (Lipinski definition) is 8. The molecule has 3 aliphatic heterocycles. The SMILES string of the molecule is CC[C@H]1CN2CC[C@H]1C[C@@H]2[C@@H](O)c1ccnc2ccc(O)c(N(NC(=O)OC(C)(C)C)C(=O)OC(C)(C)C)c12. The highest BCUT2D eigenvalue weighted by atomic mass is 16.6. The van der Waals surface area contributed by atoms with Crippen LogP contribution < -0.4 is 10.4 Å². The van der Waals surface area contributed by atoms with Gasteiger partial charge < -0.3 is 19.7 Å². The van der Waals surface area contributed by atoms with E-state index >= 15 is 0 Å². The number of fused-ring (bicyclic) bond motifs is 4. The van der Waals surface area contributed by atoms with E-state index in [1.807, 2.05) is 0 Å². The summed E-state index contributed by atoms with van der Waals surface area (Å²) >= 11 is 0. The Hall–Kier alpha value is -3.11. The van der Waals surface area contributed by atoms with E-state index in [0.29, 0.717) is 28.3 Å². The lowest BCUT2D eigenvalue weighted by atomic mass is 9.72. The van der Waals surface area contributed by atoms with Gasteiger partial charge >= 0.3 is 12.2 Å². The van der Waals surface area contributed by atoms with Crippen molar-refractivity contribution in [1.82, 2.24) is 15.3 Å². The number of phenols is 1. The van der Waals surface area contributed by atoms with Gasteiger partial charge in [-0.05, 0) is 96.5 Å². The Morgan fingerprint density at radius 3 is 2.44 bits per heavy atom. The molecule has 0 radical (unpaired) electrons. The van der Waals surface area contributed by atoms with Crippen LogP contribution in [0.4, 0.5) is 15.3 Å². The molecule has 0 saturated carbocycles. The Labute approximate surface area is 230 Å². The Morgan fingerprint density at radius 2 is 1.85 bits per heavy atom. The molecule has 1 aromatic heterocycles. The van der Waals surface area contributed by atoms with E-state index in [-0.39, 0.29) is 17.5 Å². The van der Waals surface area contributed by atoms with Crippen molar-refractivity contribution in [3.05, 3.63) is 30.0 Å². The summed E-state index contributed by atoms with van der Waals surface area (Å²) in [7, 11) is 0. The fourth-order valence-corrected chi connectivity index (χ4v) is 5.79. The predicted molar refractivity (Wildman–Crippen MR) is 148 cm³/mol. The zero-order valence-electron chi connectivity index (χ0n) is 24.0. The minimum atomic E-state index is -0.924. The molecule has 3 fully saturated rings. The second-order valence-electron chi connectivity index (χ2n) is 12.6. The topological polar surface area (TPSA) is 124 Å². The molecular formula is C29H42N4O6. The number of pyridine rings is 1. The Bertz CT molecular complexity index is 1220. The summed E-state index contributed by atoms with van der Waals surface area (Å²) in [6.45, 7) is 14.3. The fourth-order valence-electron chi connectivity index (χ4n) is 5.79. The van der Waals surface area contributed by atoms with Crippen LogP contribution in [0, 0.1) is 11.8 Å². The lowest BCUT2D eigenvalue weighted by molar-refractivity contribution is -0.0562. The molecule has 1 aromatic carbocycles. The zero-order valence-corrected chi connectivity index (χ0v) is 24.0. The van der Waals surface area contributed by atoms with E-state index in [1.165, 1.54) is 6.07 Å². The molecule has 4 heterocycles. The third kappa shape index (κ3) is 6.38. The molecule has 2 aromatic rings. The number of aromatic hydroxyl groups is 1. The molecule has 5 rings (SSSR count). The molecule has 214 valence electrons. The lowest BCUT2D eigenvalue weighted by Gasteiger charge is -2.51. The van der Waals surface area contributed by atoms with Gasteiger partial charge in [0.2, 0.25) is 0 Å². The van der Waals surface area contributed by atoms with Crippen LogP contribution in [0.3, 0.4) is 0 Å². The van der Waals surface area contributed by atoms with E-state index < -0.39 is 29.5 Å². The van der Waals surface area contributed by atoms with E-state index in [1.54, 1.807) is 59.9 Å². The number of amides is 2. The van der Waals surface area contributed by atoms with E-state index in [4.69, 9.17) is 9.47 Å². The lowest BCUT2D eigenvalue weighted by Crippen LogP contribution is -2.55. The highest BCUT2D eigenvalue weighted by molar-refractivity contribution is 6.05. The van der Waals surface area contributed by atoms with Gasteiger partial charge in [0, 0.05) is 24.2 Å². The number of ether oxygens (including phenoxy) is 2. The third-order valence-electron chi connectivity index (χ3n) is 7.44. The summed E-state index contributed by atoms with van der Waals surface area (Å²) in [4.78, 5) is 33.1. The molecule has 1 unspecified atom stereocenters. The summed E-state index contributed by atoms with van der Waals surface area (Å²) < 4.78 is 11.0. The third-order valence-corrected chi connectivity index (χ3v) is 7.44. The zero-order chi connectivity index (χ0) is 28.7. The smallest absolute Gasteiger partial charge is 0.434 e. The van der Waals surface area contributed by atoms with Crippen molar-refractivity contribution in [2.75, 3.05) is 18.1 Å². The number of benzene rings is 1. The van der Waals surface area contributed by atoms with Crippen LogP contribution in [-0.2, 0) is 9.47 Å². The van der Waals surface area contributed by atoms with Crippen molar-refractivity contribution in [3.63, 3.8) is 0 Å². The molecule has 3 aliphatic rings. The first-order valence-corrected chi connectivity index (χ1v) is 13.7. The van der Waals surface area contributed by atoms with Gasteiger partial charge in [-0.3, -0.25) is 9.88 Å². The van der Waals surface area contributed by atoms with Gasteiger partial charge in [0.1, 0.15) is 22.6 Å². The van der Waals surface area contributed by atoms with E-state index in [0.717, 1.165) is 37.4 Å². The molecule has 2 amide bonds. The van der Waals surface area contributed by atoms with Crippen molar-refractivity contribution in [2.24, 2.45) is 11.8 Å². The van der Waals surface area contributed by atoms with Crippen LogP contribution in [0.5, 0.6) is 5.75 Å². The van der Waals surface area contributed by atoms with Gasteiger partial charge in [0.15, 0.2) is 0 Å². The number of hydrogen-bond donors (Lipinski definition) is 3. The van der Waals surface area contributed by atoms with Crippen LogP contribution in [0.15, 0.2) is 24.4 Å². The van der Waals surface area contributed by atoms with Crippen LogP contribution in [0.2, 0.25) is 0 Å². The first kappa shape index (κ1) is 28.9. The number of carbonyl (C=O) groups is 2. The quantitative estimate of drug-likeness (QED) is 0.446. The first-order valence-electron chi connectivity index (χ1n) is 13.7. The second-order valence-corrected chi connectivity index (χ2v) is 12.6. The highest BCUT2D eigenvalue weighted by Gasteiger charge is 2.43. The number of rotatable bonds is 4. The van der Waals surface area contributed by atoms with Crippen LogP contribution in [0.25, 0.3) is 10.9 Å². The fraction of sp³-hybridized carbons (Fsp3) is 0.621. The number of carbonyl (C=O) groups excluding carboxylic acids is 2. The van der Waals surface area contributed by atoms with Gasteiger partial charge in [-0.1, -0.05) is 13.3 Å². The standard InChI is InChI=1S/C29H42N4O6/c1-8-17-16-32-14-12-18(17)15-21(32)25(35)19-11-13-30-20-9-10-22(34)24(23(19)20)33(27(37)39-29(5,6)7)31-26(36)38-28(2,3)4/h9-11,13,17-18,21,25,34-35H,8,12,14-16H2,1-7H3,(H,31,36)/t17-,18-,21+,25-/m0/s1. The average Bonchev–Trinajstić information content (AvgIpc) is 2.84. The van der Waals surface area contributed by atoms with Gasteiger partial charge in [-0.15, -0.1) is 0 Å². The number of nitrogens with zero attached hydrogens (tertiary/aromatic N) is 3. The molecule has 3 saturated heterocycles. The van der Waals surface area contributed by atoms with E-state index in [9.17, 15) is 19.8 Å². The van der Waals surface area contributed by atoms with Gasteiger partial charge in [0.25, 0.3) is 0 Å². The second kappa shape index (κ2) is 10.8. The largest absolute Gasteiger partial charge is 0.506 e. The van der Waals surface area contributed by atoms with Gasteiger partial charge in [0.05, 0.1) is 11.6 Å². The van der Waals surface area contributed by atoms with Crippen LogP contribution >= 0.6 is 0 Å². The summed E-state index contributed by atoms with van der Waals surface area (Å²) in [5.74, 6) is 0.881. The summed E-state index contributed by atoms with van der Waals surface area (Å²) in [5.41, 5.74) is 1.63. The number of anilines is 1. The van der Waals surface area contributed by atoms with E-state index in [2.05, 4.69) is 22.2 Å². The maximum atomic E-state index is 13.4. The minimum absolute atomic E-state index is 0.0443. The normalized spacial score (nSPS) is 23.8. The highest BCUT2D eigenvalue weighted by Crippen LogP contribution is 2.45. The van der Waals surface area contributed by atoms with Crippen molar-refractivity contribution in [1.29, 1.82) is 0 Å². The Balaban J connectivity index is 1.81. The van der Waals surface area contributed by atoms with Crippen molar-refractivity contribution < 1.29 is 29.3 Å². The average molecular weight is 543 g/mol. The van der Waals surface area contributed by atoms with Gasteiger partial charge in [-0.25, -0.2) is 15.0 Å². The molecule has 0 aliphatic carbocycles. The number of aromatic nitrogens is 1.